The molecule has 5 heteroatoms. The Bertz CT molecular complexity index is 388. The number of carbonyl (C=O) groups excluding carboxylic acids is 2. The zero-order valence-corrected chi connectivity index (χ0v) is 8.72. The average molecular weight is 233 g/mol. The predicted molar refractivity (Wildman–Crippen MR) is 53.0 cm³/mol. The lowest BCUT2D eigenvalue weighted by molar-refractivity contribution is 0.0598. The van der Waals surface area contributed by atoms with Gasteiger partial charge in [0.25, 0.3) is 5.24 Å². The molecule has 0 aliphatic heterocycles. The van der Waals surface area contributed by atoms with E-state index in [2.05, 4.69) is 4.74 Å². The fourth-order valence-corrected chi connectivity index (χ4v) is 1.41. The summed E-state index contributed by atoms with van der Waals surface area (Å²) in [4.78, 5) is 22.2. The van der Waals surface area contributed by atoms with Gasteiger partial charge in [0, 0.05) is 0 Å². The van der Waals surface area contributed by atoms with Crippen LogP contribution in [0.5, 0.6) is 0 Å². The topological polar surface area (TPSA) is 43.4 Å². The van der Waals surface area contributed by atoms with E-state index in [4.69, 9.17) is 23.2 Å². The first kappa shape index (κ1) is 11.0. The van der Waals surface area contributed by atoms with Crippen molar-refractivity contribution >= 4 is 34.4 Å². The van der Waals surface area contributed by atoms with E-state index < -0.39 is 11.2 Å². The smallest absolute Gasteiger partial charge is 0.340 e. The number of carbonyl (C=O) groups is 2. The molecule has 0 bridgehead atoms. The molecule has 0 radical (unpaired) electrons. The van der Waals surface area contributed by atoms with E-state index in [0.29, 0.717) is 0 Å². The number of hydrogen-bond donors (Lipinski definition) is 0. The van der Waals surface area contributed by atoms with Crippen LogP contribution in [0.3, 0.4) is 0 Å². The summed E-state index contributed by atoms with van der Waals surface area (Å²) in [6.45, 7) is 0. The fourth-order valence-electron chi connectivity index (χ4n) is 0.997. The van der Waals surface area contributed by atoms with Crippen LogP contribution in [0, 0.1) is 0 Å². The molecule has 0 saturated carbocycles. The van der Waals surface area contributed by atoms with Crippen LogP contribution in [-0.4, -0.2) is 18.3 Å². The average Bonchev–Trinajstić information content (AvgIpc) is 2.16. The summed E-state index contributed by atoms with van der Waals surface area (Å²) in [5, 5.41) is -0.601. The molecule has 0 saturated heterocycles. The highest BCUT2D eigenvalue weighted by atomic mass is 35.5. The summed E-state index contributed by atoms with van der Waals surface area (Å²) >= 11 is 11.0. The molecule has 0 spiro atoms. The van der Waals surface area contributed by atoms with Gasteiger partial charge in [-0.3, -0.25) is 4.79 Å². The number of methoxy groups -OCH3 is 1. The minimum absolute atomic E-state index is 0.00309. The highest BCUT2D eigenvalue weighted by molar-refractivity contribution is 6.68. The van der Waals surface area contributed by atoms with Crippen LogP contribution in [0.15, 0.2) is 18.2 Å². The van der Waals surface area contributed by atoms with E-state index in [1.165, 1.54) is 25.3 Å². The van der Waals surface area contributed by atoms with Gasteiger partial charge in [0.05, 0.1) is 23.3 Å². The van der Waals surface area contributed by atoms with Gasteiger partial charge >= 0.3 is 5.97 Å². The second-order valence-electron chi connectivity index (χ2n) is 2.43. The molecule has 1 rings (SSSR count). The highest BCUT2D eigenvalue weighted by Crippen LogP contribution is 2.22. The van der Waals surface area contributed by atoms with Crippen molar-refractivity contribution in [3.05, 3.63) is 34.3 Å². The molecular formula is C9H6Cl2O3. The van der Waals surface area contributed by atoms with E-state index in [-0.39, 0.29) is 16.1 Å². The monoisotopic (exact) mass is 232 g/mol. The van der Waals surface area contributed by atoms with Crippen molar-refractivity contribution in [2.75, 3.05) is 7.11 Å². The van der Waals surface area contributed by atoms with E-state index in [1.807, 2.05) is 0 Å². The van der Waals surface area contributed by atoms with Gasteiger partial charge in [-0.2, -0.15) is 0 Å². The Kier molecular flexibility index (Phi) is 3.49. The zero-order chi connectivity index (χ0) is 10.7. The van der Waals surface area contributed by atoms with Gasteiger partial charge in [-0.25, -0.2) is 4.79 Å². The Morgan fingerprint density at radius 1 is 1.36 bits per heavy atom. The Morgan fingerprint density at radius 3 is 2.50 bits per heavy atom. The minimum Gasteiger partial charge on any atom is -0.465 e. The largest absolute Gasteiger partial charge is 0.465 e. The summed E-state index contributed by atoms with van der Waals surface area (Å²) in [6, 6.07) is 4.43. The Balaban J connectivity index is 3.36. The lowest BCUT2D eigenvalue weighted by Crippen LogP contribution is -2.08. The highest BCUT2D eigenvalue weighted by Gasteiger charge is 2.19. The molecule has 3 nitrogen and oxygen atoms in total. The number of esters is 1. The molecular weight excluding hydrogens is 227 g/mol. The first-order chi connectivity index (χ1) is 6.57. The van der Waals surface area contributed by atoms with Crippen molar-refractivity contribution in [2.24, 2.45) is 0 Å². The van der Waals surface area contributed by atoms with Crippen molar-refractivity contribution in [3.63, 3.8) is 0 Å². The molecule has 14 heavy (non-hydrogen) atoms. The van der Waals surface area contributed by atoms with Gasteiger partial charge in [-0.1, -0.05) is 17.7 Å². The van der Waals surface area contributed by atoms with E-state index in [0.717, 1.165) is 0 Å². The number of ether oxygens (including phenoxy) is 1. The second kappa shape index (κ2) is 4.44. The molecule has 0 amide bonds. The molecule has 0 fully saturated rings. The van der Waals surface area contributed by atoms with Crippen molar-refractivity contribution < 1.29 is 14.3 Å². The maximum absolute atomic E-state index is 11.2. The minimum atomic E-state index is -0.743. The van der Waals surface area contributed by atoms with Gasteiger partial charge in [0.15, 0.2) is 0 Å². The van der Waals surface area contributed by atoms with Crippen molar-refractivity contribution in [1.82, 2.24) is 0 Å². The van der Waals surface area contributed by atoms with Crippen LogP contribution in [0.4, 0.5) is 0 Å². The third kappa shape index (κ3) is 2.05. The number of rotatable bonds is 2. The molecule has 0 aliphatic carbocycles. The lowest BCUT2D eigenvalue weighted by Gasteiger charge is -2.05. The Morgan fingerprint density at radius 2 is 2.00 bits per heavy atom. The van der Waals surface area contributed by atoms with Crippen LogP contribution in [0.1, 0.15) is 20.7 Å². The zero-order valence-electron chi connectivity index (χ0n) is 7.21. The van der Waals surface area contributed by atoms with Crippen molar-refractivity contribution in [3.8, 4) is 0 Å². The lowest BCUT2D eigenvalue weighted by atomic mass is 10.1. The molecule has 0 atom stereocenters. The molecule has 0 aromatic heterocycles. The second-order valence-corrected chi connectivity index (χ2v) is 3.18. The summed E-state index contributed by atoms with van der Waals surface area (Å²) in [5.74, 6) is -0.681. The first-order valence-electron chi connectivity index (χ1n) is 3.64. The summed E-state index contributed by atoms with van der Waals surface area (Å²) in [7, 11) is 1.20. The standard InChI is InChI=1S/C9H6Cl2O3/c1-14-9(13)7-5(8(11)12)3-2-4-6(7)10/h2-4H,1H3. The molecule has 0 aliphatic rings. The Labute approximate surface area is 90.6 Å². The molecule has 1 aromatic rings. The van der Waals surface area contributed by atoms with Crippen molar-refractivity contribution in [2.45, 2.75) is 0 Å². The molecule has 0 N–H and O–H groups in total. The maximum atomic E-state index is 11.2. The predicted octanol–water partition coefficient (Wildman–Crippen LogP) is 2.51. The summed E-state index contributed by atoms with van der Waals surface area (Å²) in [5.41, 5.74) is 0.0442. The number of benzene rings is 1. The molecule has 0 unspecified atom stereocenters. The SMILES string of the molecule is COC(=O)c1c(Cl)cccc1C(=O)Cl. The first-order valence-corrected chi connectivity index (χ1v) is 4.40. The maximum Gasteiger partial charge on any atom is 0.340 e. The third-order valence-corrected chi connectivity index (χ3v) is 2.13. The quantitative estimate of drug-likeness (QED) is 0.582. The molecule has 1 aromatic carbocycles. The molecule has 74 valence electrons. The van der Waals surface area contributed by atoms with Crippen molar-refractivity contribution in [1.29, 1.82) is 0 Å². The van der Waals surface area contributed by atoms with E-state index in [1.54, 1.807) is 0 Å². The number of halogens is 2. The van der Waals surface area contributed by atoms with Gasteiger partial charge in [0.2, 0.25) is 0 Å². The van der Waals surface area contributed by atoms with Crippen LogP contribution < -0.4 is 0 Å². The van der Waals surface area contributed by atoms with Gasteiger partial charge in [0.1, 0.15) is 0 Å². The van der Waals surface area contributed by atoms with E-state index >= 15 is 0 Å². The third-order valence-electron chi connectivity index (χ3n) is 1.61. The van der Waals surface area contributed by atoms with Crippen LogP contribution >= 0.6 is 23.2 Å². The van der Waals surface area contributed by atoms with Gasteiger partial charge in [-0.05, 0) is 23.7 Å². The van der Waals surface area contributed by atoms with Crippen LogP contribution in [-0.2, 0) is 4.74 Å². The normalized spacial score (nSPS) is 9.64. The molecule has 0 heterocycles. The van der Waals surface area contributed by atoms with Crippen LogP contribution in [0.25, 0.3) is 0 Å². The fraction of sp³-hybridized carbons (Fsp3) is 0.111. The summed E-state index contributed by atoms with van der Waals surface area (Å²) in [6.07, 6.45) is 0. The van der Waals surface area contributed by atoms with E-state index in [9.17, 15) is 9.59 Å². The van der Waals surface area contributed by atoms with Crippen LogP contribution in [0.2, 0.25) is 5.02 Å². The Hall–Kier alpha value is -1.06. The van der Waals surface area contributed by atoms with Gasteiger partial charge < -0.3 is 4.74 Å². The van der Waals surface area contributed by atoms with Gasteiger partial charge in [-0.15, -0.1) is 0 Å². The summed E-state index contributed by atoms with van der Waals surface area (Å²) < 4.78 is 4.47. The number of hydrogen-bond acceptors (Lipinski definition) is 3.